The lowest BCUT2D eigenvalue weighted by molar-refractivity contribution is 0.164. The van der Waals surface area contributed by atoms with E-state index in [-0.39, 0.29) is 0 Å². The molecular weight excluding hydrogens is 181 g/mol. The Morgan fingerprint density at radius 2 is 1.93 bits per heavy atom. The Morgan fingerprint density at radius 1 is 1.36 bits per heavy atom. The molecule has 1 amide bonds. The lowest BCUT2D eigenvalue weighted by Crippen LogP contribution is -2.39. The summed E-state index contributed by atoms with van der Waals surface area (Å²) in [6.45, 7) is 0. The fraction of sp³-hybridized carbons (Fsp3) is 0.222. The molecule has 0 aliphatic rings. The molecule has 74 valence electrons. The molecule has 0 fully saturated rings. The number of nitrogens with zero attached hydrogens (tertiary/aromatic N) is 1. The van der Waals surface area contributed by atoms with Crippen molar-refractivity contribution in [1.82, 2.24) is 4.90 Å². The third-order valence-electron chi connectivity index (χ3n) is 1.66. The first-order valence-corrected chi connectivity index (χ1v) is 4.22. The second-order valence-electron chi connectivity index (χ2n) is 3.04. The van der Waals surface area contributed by atoms with Crippen LogP contribution in [0.1, 0.15) is 0 Å². The van der Waals surface area contributed by atoms with Gasteiger partial charge in [0.1, 0.15) is 0 Å². The Morgan fingerprint density at radius 3 is 2.43 bits per heavy atom. The molecule has 0 aliphatic carbocycles. The van der Waals surface area contributed by atoms with Crippen LogP contribution in [-0.2, 0) is 4.65 Å². The maximum atomic E-state index is 11.1. The van der Waals surface area contributed by atoms with Crippen LogP contribution in [0.5, 0.6) is 0 Å². The first-order valence-electron chi connectivity index (χ1n) is 4.22. The molecule has 0 heterocycles. The molecule has 1 rings (SSSR count). The van der Waals surface area contributed by atoms with Gasteiger partial charge in [-0.2, -0.15) is 0 Å². The van der Waals surface area contributed by atoms with Gasteiger partial charge in [0.25, 0.3) is 0 Å². The molecule has 1 N–H and O–H groups in total. The summed E-state index contributed by atoms with van der Waals surface area (Å²) in [5.74, 6) is 0. The minimum atomic E-state index is -1.20. The van der Waals surface area contributed by atoms with Crippen LogP contribution in [0, 0.1) is 0 Å². The summed E-state index contributed by atoms with van der Waals surface area (Å²) in [6, 6.07) is 8.73. The normalized spacial score (nSPS) is 9.36. The average molecular weight is 193 g/mol. The van der Waals surface area contributed by atoms with Crippen LogP contribution in [0.4, 0.5) is 4.79 Å². The van der Waals surface area contributed by atoms with E-state index < -0.39 is 13.2 Å². The Bertz CT molecular complexity index is 302. The molecule has 0 saturated heterocycles. The number of amides is 1. The molecule has 0 atom stereocenters. The van der Waals surface area contributed by atoms with E-state index in [2.05, 4.69) is 0 Å². The van der Waals surface area contributed by atoms with Gasteiger partial charge in [0.2, 0.25) is 0 Å². The van der Waals surface area contributed by atoms with E-state index in [1.165, 1.54) is 4.90 Å². The van der Waals surface area contributed by atoms with Crippen LogP contribution in [0.15, 0.2) is 30.3 Å². The summed E-state index contributed by atoms with van der Waals surface area (Å²) < 4.78 is 4.74. The lowest BCUT2D eigenvalue weighted by atomic mass is 9.80. The fourth-order valence-electron chi connectivity index (χ4n) is 0.887. The number of hydrogen-bond donors (Lipinski definition) is 1. The third kappa shape index (κ3) is 2.78. The summed E-state index contributed by atoms with van der Waals surface area (Å²) >= 11 is 0. The zero-order chi connectivity index (χ0) is 10.6. The Kier molecular flexibility index (Phi) is 3.53. The van der Waals surface area contributed by atoms with E-state index in [1.54, 1.807) is 38.4 Å². The van der Waals surface area contributed by atoms with Gasteiger partial charge in [0, 0.05) is 14.1 Å². The summed E-state index contributed by atoms with van der Waals surface area (Å²) in [5, 5.41) is 9.47. The molecule has 1 aromatic rings. The Labute approximate surface area is 83.2 Å². The number of carbonyl (C=O) groups is 1. The highest BCUT2D eigenvalue weighted by molar-refractivity contribution is 6.61. The number of benzene rings is 1. The van der Waals surface area contributed by atoms with E-state index in [0.29, 0.717) is 5.46 Å². The van der Waals surface area contributed by atoms with E-state index in [0.717, 1.165) is 0 Å². The van der Waals surface area contributed by atoms with Crippen LogP contribution in [-0.4, -0.2) is 37.2 Å². The quantitative estimate of drug-likeness (QED) is 0.676. The monoisotopic (exact) mass is 193 g/mol. The van der Waals surface area contributed by atoms with Crippen molar-refractivity contribution in [2.75, 3.05) is 14.1 Å². The van der Waals surface area contributed by atoms with Crippen molar-refractivity contribution >= 4 is 18.7 Å². The first-order chi connectivity index (χ1) is 6.61. The lowest BCUT2D eigenvalue weighted by Gasteiger charge is -2.13. The number of hydrogen-bond acceptors (Lipinski definition) is 3. The van der Waals surface area contributed by atoms with Gasteiger partial charge in [0.15, 0.2) is 0 Å². The Balaban J connectivity index is 2.59. The predicted molar refractivity (Wildman–Crippen MR) is 54.2 cm³/mol. The maximum Gasteiger partial charge on any atom is 0.563 e. The molecule has 0 spiro atoms. The van der Waals surface area contributed by atoms with Crippen molar-refractivity contribution in [3.05, 3.63) is 30.3 Å². The van der Waals surface area contributed by atoms with Gasteiger partial charge < -0.3 is 14.6 Å². The molecule has 0 unspecified atom stereocenters. The summed E-state index contributed by atoms with van der Waals surface area (Å²) in [5.41, 5.74) is 0.558. The number of rotatable bonds is 2. The molecule has 14 heavy (non-hydrogen) atoms. The van der Waals surface area contributed by atoms with Crippen molar-refractivity contribution in [3.8, 4) is 0 Å². The summed E-state index contributed by atoms with van der Waals surface area (Å²) in [7, 11) is 1.91. The van der Waals surface area contributed by atoms with Crippen LogP contribution in [0.25, 0.3) is 0 Å². The van der Waals surface area contributed by atoms with Crippen molar-refractivity contribution in [2.45, 2.75) is 0 Å². The molecule has 0 radical (unpaired) electrons. The molecule has 0 aromatic heterocycles. The maximum absolute atomic E-state index is 11.1. The minimum Gasteiger partial charge on any atom is -0.489 e. The average Bonchev–Trinajstić information content (AvgIpc) is 2.19. The van der Waals surface area contributed by atoms with E-state index in [9.17, 15) is 9.82 Å². The summed E-state index contributed by atoms with van der Waals surface area (Å²) in [6.07, 6.45) is -0.568. The summed E-state index contributed by atoms with van der Waals surface area (Å²) in [4.78, 5) is 12.3. The van der Waals surface area contributed by atoms with Crippen LogP contribution < -0.4 is 5.46 Å². The van der Waals surface area contributed by atoms with Gasteiger partial charge >= 0.3 is 13.2 Å². The van der Waals surface area contributed by atoms with Crippen molar-refractivity contribution in [3.63, 3.8) is 0 Å². The predicted octanol–water partition coefficient (Wildman–Crippen LogP) is 0.0723. The molecule has 1 aromatic carbocycles. The highest BCUT2D eigenvalue weighted by Gasteiger charge is 2.21. The van der Waals surface area contributed by atoms with Crippen LogP contribution in [0.3, 0.4) is 0 Å². The molecule has 5 heteroatoms. The van der Waals surface area contributed by atoms with Crippen molar-refractivity contribution in [2.24, 2.45) is 0 Å². The fourth-order valence-corrected chi connectivity index (χ4v) is 0.887. The van der Waals surface area contributed by atoms with E-state index >= 15 is 0 Å². The molecule has 0 saturated carbocycles. The first kappa shape index (κ1) is 10.6. The SMILES string of the molecule is CN(C)C(=O)OB(O)c1ccccc1. The van der Waals surface area contributed by atoms with Crippen LogP contribution >= 0.6 is 0 Å². The van der Waals surface area contributed by atoms with Gasteiger partial charge in [-0.05, 0) is 5.46 Å². The second kappa shape index (κ2) is 4.67. The minimum absolute atomic E-state index is 0.558. The topological polar surface area (TPSA) is 49.8 Å². The number of carbonyl (C=O) groups excluding carboxylic acids is 1. The smallest absolute Gasteiger partial charge is 0.489 e. The second-order valence-corrected chi connectivity index (χ2v) is 3.04. The van der Waals surface area contributed by atoms with Gasteiger partial charge in [0.05, 0.1) is 0 Å². The van der Waals surface area contributed by atoms with Gasteiger partial charge in [-0.1, -0.05) is 30.3 Å². The molecule has 0 bridgehead atoms. The standard InChI is InChI=1S/C9H12BNO3/c1-11(2)9(12)14-10(13)8-6-4-3-5-7-8/h3-7,13H,1-2H3. The largest absolute Gasteiger partial charge is 0.563 e. The highest BCUT2D eigenvalue weighted by Crippen LogP contribution is 1.91. The third-order valence-corrected chi connectivity index (χ3v) is 1.66. The van der Waals surface area contributed by atoms with Gasteiger partial charge in [-0.3, -0.25) is 0 Å². The van der Waals surface area contributed by atoms with Gasteiger partial charge in [-0.15, -0.1) is 0 Å². The van der Waals surface area contributed by atoms with Gasteiger partial charge in [-0.25, -0.2) is 4.79 Å². The van der Waals surface area contributed by atoms with E-state index in [4.69, 9.17) is 4.65 Å². The Hall–Kier alpha value is -1.49. The molecule has 4 nitrogen and oxygen atoms in total. The molecular formula is C9H12BNO3. The van der Waals surface area contributed by atoms with E-state index in [1.807, 2.05) is 6.07 Å². The van der Waals surface area contributed by atoms with Crippen LogP contribution in [0.2, 0.25) is 0 Å². The van der Waals surface area contributed by atoms with Crippen molar-refractivity contribution < 1.29 is 14.5 Å². The highest BCUT2D eigenvalue weighted by atomic mass is 16.6. The molecule has 0 aliphatic heterocycles. The zero-order valence-corrected chi connectivity index (χ0v) is 8.18. The zero-order valence-electron chi connectivity index (χ0n) is 8.18. The van der Waals surface area contributed by atoms with Crippen molar-refractivity contribution in [1.29, 1.82) is 0 Å².